The maximum Gasteiger partial charge on any atom is 0.306 e. The van der Waals surface area contributed by atoms with E-state index in [1.54, 1.807) is 20.3 Å². The summed E-state index contributed by atoms with van der Waals surface area (Å²) in [6, 6.07) is 7.34. The Morgan fingerprint density at radius 2 is 1.96 bits per heavy atom. The van der Waals surface area contributed by atoms with Crippen LogP contribution in [0.3, 0.4) is 0 Å². The van der Waals surface area contributed by atoms with Crippen LogP contribution in [0.5, 0.6) is 11.5 Å². The van der Waals surface area contributed by atoms with Crippen molar-refractivity contribution in [3.05, 3.63) is 30.6 Å². The lowest BCUT2D eigenvalue weighted by molar-refractivity contribution is -0.142. The number of carbonyl (C=O) groups is 1. The zero-order valence-electron chi connectivity index (χ0n) is 14.8. The molecule has 1 fully saturated rings. The molecule has 0 bridgehead atoms. The van der Waals surface area contributed by atoms with Gasteiger partial charge in [0.1, 0.15) is 29.5 Å². The number of ether oxygens (including phenoxy) is 2. The van der Waals surface area contributed by atoms with Gasteiger partial charge < -0.3 is 24.8 Å². The van der Waals surface area contributed by atoms with E-state index in [0.29, 0.717) is 43.2 Å². The minimum absolute atomic E-state index is 0.269. The molecular weight excluding hydrogens is 336 g/mol. The second-order valence-corrected chi connectivity index (χ2v) is 6.05. The molecule has 1 aromatic heterocycles. The van der Waals surface area contributed by atoms with Crippen molar-refractivity contribution in [1.82, 2.24) is 9.97 Å². The monoisotopic (exact) mass is 358 g/mol. The molecule has 1 saturated heterocycles. The molecule has 26 heavy (non-hydrogen) atoms. The predicted octanol–water partition coefficient (Wildman–Crippen LogP) is 2.54. The van der Waals surface area contributed by atoms with E-state index in [1.165, 1.54) is 6.33 Å². The topological polar surface area (TPSA) is 96.8 Å². The first-order valence-electron chi connectivity index (χ1n) is 8.39. The summed E-state index contributed by atoms with van der Waals surface area (Å²) in [7, 11) is 3.20. The average molecular weight is 358 g/mol. The second kappa shape index (κ2) is 7.90. The Hall–Kier alpha value is -3.03. The SMILES string of the molecule is COc1ccc(Nc2cc(N3CCC(C(=O)O)CC3)ncn2)c(OC)c1. The van der Waals surface area contributed by atoms with Gasteiger partial charge in [0.25, 0.3) is 0 Å². The van der Waals surface area contributed by atoms with Gasteiger partial charge in [-0.15, -0.1) is 0 Å². The van der Waals surface area contributed by atoms with Crippen molar-refractivity contribution in [1.29, 1.82) is 0 Å². The summed E-state index contributed by atoms with van der Waals surface area (Å²) in [5.74, 6) is 1.78. The summed E-state index contributed by atoms with van der Waals surface area (Å²) in [6.07, 6.45) is 2.74. The van der Waals surface area contributed by atoms with Gasteiger partial charge in [0.05, 0.1) is 25.8 Å². The third-order valence-electron chi connectivity index (χ3n) is 4.49. The first-order chi connectivity index (χ1) is 12.6. The van der Waals surface area contributed by atoms with Crippen LogP contribution in [-0.2, 0) is 4.79 Å². The fourth-order valence-corrected chi connectivity index (χ4v) is 2.98. The van der Waals surface area contributed by atoms with Gasteiger partial charge >= 0.3 is 5.97 Å². The average Bonchev–Trinajstić information content (AvgIpc) is 2.68. The van der Waals surface area contributed by atoms with Crippen LogP contribution in [0, 0.1) is 5.92 Å². The lowest BCUT2D eigenvalue weighted by Gasteiger charge is -2.31. The number of aromatic nitrogens is 2. The predicted molar refractivity (Wildman–Crippen MR) is 97.4 cm³/mol. The van der Waals surface area contributed by atoms with Gasteiger partial charge in [0.2, 0.25) is 0 Å². The van der Waals surface area contributed by atoms with Crippen molar-refractivity contribution in [2.75, 3.05) is 37.5 Å². The van der Waals surface area contributed by atoms with Crippen LogP contribution in [0.25, 0.3) is 0 Å². The van der Waals surface area contributed by atoms with E-state index in [0.717, 1.165) is 11.5 Å². The van der Waals surface area contributed by atoms with Gasteiger partial charge in [-0.3, -0.25) is 4.79 Å². The van der Waals surface area contributed by atoms with Crippen LogP contribution in [0.2, 0.25) is 0 Å². The minimum atomic E-state index is -0.721. The highest BCUT2D eigenvalue weighted by Crippen LogP contribution is 2.31. The number of methoxy groups -OCH3 is 2. The molecule has 0 aliphatic carbocycles. The van der Waals surface area contributed by atoms with Crippen molar-refractivity contribution >= 4 is 23.3 Å². The van der Waals surface area contributed by atoms with Crippen LogP contribution in [0.15, 0.2) is 30.6 Å². The maximum atomic E-state index is 11.1. The maximum absolute atomic E-state index is 11.1. The number of hydrogen-bond acceptors (Lipinski definition) is 7. The number of hydrogen-bond donors (Lipinski definition) is 2. The molecule has 3 rings (SSSR count). The number of rotatable bonds is 6. The molecule has 1 aliphatic heterocycles. The molecule has 0 atom stereocenters. The van der Waals surface area contributed by atoms with Crippen LogP contribution < -0.4 is 19.7 Å². The van der Waals surface area contributed by atoms with E-state index in [1.807, 2.05) is 18.2 Å². The Kier molecular flexibility index (Phi) is 5.40. The van der Waals surface area contributed by atoms with Crippen molar-refractivity contribution in [3.63, 3.8) is 0 Å². The number of anilines is 3. The minimum Gasteiger partial charge on any atom is -0.497 e. The Balaban J connectivity index is 1.73. The van der Waals surface area contributed by atoms with Crippen LogP contribution >= 0.6 is 0 Å². The van der Waals surface area contributed by atoms with E-state index in [4.69, 9.17) is 14.6 Å². The van der Waals surface area contributed by atoms with Gasteiger partial charge in [0.15, 0.2) is 0 Å². The summed E-state index contributed by atoms with van der Waals surface area (Å²) < 4.78 is 10.6. The molecule has 0 unspecified atom stereocenters. The molecular formula is C18H22N4O4. The third-order valence-corrected chi connectivity index (χ3v) is 4.49. The Morgan fingerprint density at radius 3 is 2.62 bits per heavy atom. The largest absolute Gasteiger partial charge is 0.497 e. The zero-order chi connectivity index (χ0) is 18.5. The number of nitrogens with one attached hydrogen (secondary N) is 1. The number of benzene rings is 1. The Bertz CT molecular complexity index is 776. The lowest BCUT2D eigenvalue weighted by Crippen LogP contribution is -2.36. The Morgan fingerprint density at radius 1 is 1.19 bits per heavy atom. The number of carboxylic acid groups (broad SMARTS) is 1. The third kappa shape index (κ3) is 3.96. The van der Waals surface area contributed by atoms with Crippen LogP contribution in [-0.4, -0.2) is 48.4 Å². The van der Waals surface area contributed by atoms with Gasteiger partial charge in [-0.25, -0.2) is 9.97 Å². The molecule has 138 valence electrons. The van der Waals surface area contributed by atoms with E-state index in [2.05, 4.69) is 20.2 Å². The summed E-state index contributed by atoms with van der Waals surface area (Å²) in [5, 5.41) is 12.3. The first-order valence-corrected chi connectivity index (χ1v) is 8.39. The van der Waals surface area contributed by atoms with E-state index in [9.17, 15) is 4.79 Å². The highest BCUT2D eigenvalue weighted by molar-refractivity contribution is 5.70. The number of nitrogens with zero attached hydrogens (tertiary/aromatic N) is 3. The molecule has 2 heterocycles. The molecule has 0 spiro atoms. The molecule has 8 heteroatoms. The van der Waals surface area contributed by atoms with Crippen molar-refractivity contribution in [2.24, 2.45) is 5.92 Å². The van der Waals surface area contributed by atoms with Crippen molar-refractivity contribution < 1.29 is 19.4 Å². The van der Waals surface area contributed by atoms with Gasteiger partial charge in [-0.05, 0) is 25.0 Å². The second-order valence-electron chi connectivity index (χ2n) is 6.05. The number of piperidine rings is 1. The highest BCUT2D eigenvalue weighted by atomic mass is 16.5. The smallest absolute Gasteiger partial charge is 0.306 e. The summed E-state index contributed by atoms with van der Waals surface area (Å²) in [4.78, 5) is 21.7. The summed E-state index contributed by atoms with van der Waals surface area (Å²) in [5.41, 5.74) is 0.766. The van der Waals surface area contributed by atoms with Crippen LogP contribution in [0.4, 0.5) is 17.3 Å². The summed E-state index contributed by atoms with van der Waals surface area (Å²) >= 11 is 0. The number of carboxylic acids is 1. The quantitative estimate of drug-likeness (QED) is 0.813. The van der Waals surface area contributed by atoms with Crippen molar-refractivity contribution in [2.45, 2.75) is 12.8 Å². The Labute approximate surface area is 151 Å². The molecule has 8 nitrogen and oxygen atoms in total. The van der Waals surface area contributed by atoms with Gasteiger partial charge in [-0.2, -0.15) is 0 Å². The number of aliphatic carboxylic acids is 1. The standard InChI is InChI=1S/C18H22N4O4/c1-25-13-3-4-14(15(9-13)26-2)21-16-10-17(20-11-19-16)22-7-5-12(6-8-22)18(23)24/h3-4,9-12H,5-8H2,1-2H3,(H,23,24)(H,19,20,21). The fourth-order valence-electron chi connectivity index (χ4n) is 2.98. The fraction of sp³-hybridized carbons (Fsp3) is 0.389. The molecule has 1 aliphatic rings. The molecule has 1 aromatic carbocycles. The van der Waals surface area contributed by atoms with Gasteiger partial charge in [-0.1, -0.05) is 0 Å². The molecule has 2 aromatic rings. The molecule has 0 radical (unpaired) electrons. The van der Waals surface area contributed by atoms with E-state index >= 15 is 0 Å². The highest BCUT2D eigenvalue weighted by Gasteiger charge is 2.25. The zero-order valence-corrected chi connectivity index (χ0v) is 14.8. The normalized spacial score (nSPS) is 14.8. The lowest BCUT2D eigenvalue weighted by atomic mass is 9.97. The van der Waals surface area contributed by atoms with E-state index in [-0.39, 0.29) is 5.92 Å². The van der Waals surface area contributed by atoms with E-state index < -0.39 is 5.97 Å². The molecule has 0 amide bonds. The molecule has 0 saturated carbocycles. The summed E-state index contributed by atoms with van der Waals surface area (Å²) in [6.45, 7) is 1.33. The van der Waals surface area contributed by atoms with Crippen LogP contribution in [0.1, 0.15) is 12.8 Å². The molecule has 2 N–H and O–H groups in total. The van der Waals surface area contributed by atoms with Gasteiger partial charge in [0, 0.05) is 25.2 Å². The van der Waals surface area contributed by atoms with Crippen molar-refractivity contribution in [3.8, 4) is 11.5 Å². The first kappa shape index (κ1) is 17.8.